The zero-order chi connectivity index (χ0) is 37.9. The molecule has 0 aliphatic heterocycles. The van der Waals surface area contributed by atoms with Crippen molar-refractivity contribution in [3.63, 3.8) is 0 Å². The minimum Gasteiger partial charge on any atom is -0.374 e. The van der Waals surface area contributed by atoms with Crippen molar-refractivity contribution in [3.05, 3.63) is 0 Å². The predicted molar refractivity (Wildman–Crippen MR) is 133 cm³/mol. The van der Waals surface area contributed by atoms with Gasteiger partial charge in [0.1, 0.15) is 0 Å². The Morgan fingerprint density at radius 2 is 0.750 bits per heavy atom. The highest BCUT2D eigenvalue weighted by atomic mass is 19.4. The monoisotopic (exact) mass is 742 g/mol. The lowest BCUT2D eigenvalue weighted by atomic mass is 9.68. The van der Waals surface area contributed by atoms with E-state index < -0.39 is 132 Å². The van der Waals surface area contributed by atoms with Crippen molar-refractivity contribution in [2.24, 2.45) is 52.8 Å². The van der Waals surface area contributed by atoms with Gasteiger partial charge in [0.15, 0.2) is 16.8 Å². The topological polar surface area (TPSA) is 20.2 Å². The summed E-state index contributed by atoms with van der Waals surface area (Å²) in [4.78, 5) is 0. The van der Waals surface area contributed by atoms with Crippen molar-refractivity contribution in [1.82, 2.24) is 0 Å². The van der Waals surface area contributed by atoms with Crippen molar-refractivity contribution in [3.8, 4) is 0 Å². The van der Waals surface area contributed by atoms with Gasteiger partial charge in [-0.05, 0) is 69.1 Å². The van der Waals surface area contributed by atoms with E-state index in [0.717, 1.165) is 0 Å². The maximum Gasteiger partial charge on any atom is 0.426 e. The zero-order valence-electron chi connectivity index (χ0n) is 26.1. The number of rotatable bonds is 6. The van der Waals surface area contributed by atoms with Gasteiger partial charge < -0.3 is 5.11 Å². The molecule has 48 heavy (non-hydrogen) atoms. The van der Waals surface area contributed by atoms with Crippen molar-refractivity contribution in [2.45, 2.75) is 127 Å². The largest absolute Gasteiger partial charge is 0.426 e. The highest BCUT2D eigenvalue weighted by Crippen LogP contribution is 2.69. The minimum atomic E-state index is -6.15. The standard InChI is InChI=1S/C15H19F9.C14H17F9O/c1-7-8(2)10-6-9(7)12(16,13(10,17)18)5-4-11(3,14(19,20)21)15(22,23)24;1-6-7(2)9-5-8(6)10(15,12(9,16)17)3-4-11(24,13(18,19)20)14(21,22)23/h7-10H,4-6H2,1-3H3;6-9,24H,3-5H2,1-2H3. The lowest BCUT2D eigenvalue weighted by Crippen LogP contribution is -2.60. The second-order valence-corrected chi connectivity index (χ2v) is 14.5. The molecule has 4 fully saturated rings. The maximum atomic E-state index is 15.0. The summed E-state index contributed by atoms with van der Waals surface area (Å²) in [6, 6.07) is 0. The van der Waals surface area contributed by atoms with Crippen LogP contribution in [0.2, 0.25) is 0 Å². The fraction of sp³-hybridized carbons (Fsp3) is 1.00. The van der Waals surface area contributed by atoms with Crippen LogP contribution in [0.1, 0.15) is 73.1 Å². The van der Waals surface area contributed by atoms with E-state index in [1.807, 2.05) is 0 Å². The molecule has 10 unspecified atom stereocenters. The molecule has 10 atom stereocenters. The Hall–Kier alpha value is -1.30. The number of aliphatic hydroxyl groups is 1. The Labute approximate surface area is 264 Å². The van der Waals surface area contributed by atoms with E-state index in [-0.39, 0.29) is 19.8 Å². The van der Waals surface area contributed by atoms with Crippen LogP contribution in [0.3, 0.4) is 0 Å². The zero-order valence-corrected chi connectivity index (χ0v) is 26.1. The lowest BCUT2D eigenvalue weighted by Gasteiger charge is -2.44. The highest BCUT2D eigenvalue weighted by Gasteiger charge is 2.78. The summed E-state index contributed by atoms with van der Waals surface area (Å²) in [7, 11) is 0. The van der Waals surface area contributed by atoms with Gasteiger partial charge in [-0.25, -0.2) is 26.3 Å². The molecule has 4 aliphatic rings. The highest BCUT2D eigenvalue weighted by molar-refractivity contribution is 5.18. The lowest BCUT2D eigenvalue weighted by molar-refractivity contribution is -0.372. The van der Waals surface area contributed by atoms with Crippen molar-refractivity contribution < 1.29 is 84.1 Å². The molecule has 4 aliphatic carbocycles. The second-order valence-electron chi connectivity index (χ2n) is 14.5. The first-order chi connectivity index (χ1) is 21.0. The van der Waals surface area contributed by atoms with Crippen LogP contribution >= 0.6 is 0 Å². The molecule has 0 aromatic rings. The van der Waals surface area contributed by atoms with Gasteiger partial charge in [0.25, 0.3) is 17.4 Å². The van der Waals surface area contributed by atoms with E-state index in [4.69, 9.17) is 5.11 Å². The fourth-order valence-corrected chi connectivity index (χ4v) is 8.53. The van der Waals surface area contributed by atoms with Crippen LogP contribution in [-0.4, -0.2) is 58.6 Å². The van der Waals surface area contributed by atoms with Crippen LogP contribution in [0.25, 0.3) is 0 Å². The Morgan fingerprint density at radius 3 is 1.00 bits per heavy atom. The Balaban J connectivity index is 0.000000260. The van der Waals surface area contributed by atoms with Crippen LogP contribution in [-0.2, 0) is 0 Å². The normalized spacial score (nSPS) is 39.5. The molecule has 4 saturated carbocycles. The Morgan fingerprint density at radius 1 is 0.479 bits per heavy atom. The summed E-state index contributed by atoms with van der Waals surface area (Å²) in [5.41, 5.74) is -16.3. The van der Waals surface area contributed by atoms with Gasteiger partial charge in [-0.2, -0.15) is 52.7 Å². The molecule has 19 heteroatoms. The summed E-state index contributed by atoms with van der Waals surface area (Å²) in [5, 5.41) is 9.06. The van der Waals surface area contributed by atoms with Gasteiger partial charge in [-0.15, -0.1) is 0 Å². The summed E-state index contributed by atoms with van der Waals surface area (Å²) >= 11 is 0. The van der Waals surface area contributed by atoms with Crippen molar-refractivity contribution >= 4 is 0 Å². The van der Waals surface area contributed by atoms with Gasteiger partial charge in [0.2, 0.25) is 0 Å². The van der Waals surface area contributed by atoms with Crippen LogP contribution in [0.4, 0.5) is 79.0 Å². The molecule has 0 saturated heterocycles. The third kappa shape index (κ3) is 5.67. The van der Waals surface area contributed by atoms with E-state index in [1.54, 1.807) is 0 Å². The number of hydrogen-bond acceptors (Lipinski definition) is 1. The van der Waals surface area contributed by atoms with E-state index in [2.05, 4.69) is 0 Å². The molecular weight excluding hydrogens is 706 g/mol. The molecule has 0 aromatic heterocycles. The van der Waals surface area contributed by atoms with Gasteiger partial charge >= 0.3 is 24.7 Å². The number of halogens is 18. The summed E-state index contributed by atoms with van der Waals surface area (Å²) in [5.74, 6) is -15.5. The average molecular weight is 743 g/mol. The van der Waals surface area contributed by atoms with Crippen molar-refractivity contribution in [2.75, 3.05) is 0 Å². The van der Waals surface area contributed by atoms with Crippen LogP contribution in [0, 0.1) is 52.8 Å². The van der Waals surface area contributed by atoms with Gasteiger partial charge in [0.05, 0.1) is 0 Å². The second kappa shape index (κ2) is 11.6. The third-order valence-corrected chi connectivity index (χ3v) is 12.5. The first-order valence-electron chi connectivity index (χ1n) is 15.1. The minimum absolute atomic E-state index is 0.103. The fourth-order valence-electron chi connectivity index (χ4n) is 8.53. The molecule has 0 amide bonds. The third-order valence-electron chi connectivity index (χ3n) is 12.5. The first kappa shape index (κ1) is 41.1. The average Bonchev–Trinajstić information content (AvgIpc) is 3.51. The first-order valence-corrected chi connectivity index (χ1v) is 15.1. The van der Waals surface area contributed by atoms with Gasteiger partial charge in [0, 0.05) is 23.7 Å². The molecule has 1 N–H and O–H groups in total. The maximum absolute atomic E-state index is 15.0. The van der Waals surface area contributed by atoms with E-state index in [1.165, 1.54) is 27.7 Å². The number of hydrogen-bond donors (Lipinski definition) is 1. The predicted octanol–water partition coefficient (Wildman–Crippen LogP) is 11.1. The Bertz CT molecular complexity index is 1050. The molecule has 0 radical (unpaired) electrons. The SMILES string of the molecule is CC1C(C)C2CC1C(F)(F)C2(F)CCC(C)(C(F)(F)F)C(F)(F)F.CC1C(C)C2CC1C(F)(F)C2(F)CCC(O)(C(F)(F)F)C(F)(F)F. The molecule has 0 heterocycles. The molecule has 284 valence electrons. The van der Waals surface area contributed by atoms with Gasteiger partial charge in [-0.3, -0.25) is 0 Å². The summed E-state index contributed by atoms with van der Waals surface area (Å²) < 4.78 is 240. The van der Waals surface area contributed by atoms with Gasteiger partial charge in [-0.1, -0.05) is 27.7 Å². The summed E-state index contributed by atoms with van der Waals surface area (Å²) in [6.45, 7) is 5.85. The molecule has 4 bridgehead atoms. The quantitative estimate of drug-likeness (QED) is 0.269. The molecule has 1 nitrogen and oxygen atoms in total. The van der Waals surface area contributed by atoms with E-state index in [9.17, 15) is 74.6 Å². The summed E-state index contributed by atoms with van der Waals surface area (Å²) in [6.07, 6.45) is -31.3. The Kier molecular flexibility index (Phi) is 9.94. The van der Waals surface area contributed by atoms with Crippen LogP contribution in [0.5, 0.6) is 0 Å². The number of alkyl halides is 18. The molecule has 0 aromatic carbocycles. The van der Waals surface area contributed by atoms with Crippen LogP contribution < -0.4 is 0 Å². The molecule has 0 spiro atoms. The molecule has 4 rings (SSSR count). The smallest absolute Gasteiger partial charge is 0.374 e. The van der Waals surface area contributed by atoms with E-state index >= 15 is 4.39 Å². The van der Waals surface area contributed by atoms with Crippen LogP contribution in [0.15, 0.2) is 0 Å². The van der Waals surface area contributed by atoms with Crippen molar-refractivity contribution in [1.29, 1.82) is 0 Å². The number of fused-ring (bicyclic) bond motifs is 4. The van der Waals surface area contributed by atoms with E-state index in [0.29, 0.717) is 0 Å². The molecular formula is C29H36F18O.